The molecule has 1 aromatic rings. The number of hydrogen-bond acceptors (Lipinski definition) is 3. The molecule has 1 aliphatic carbocycles. The highest BCUT2D eigenvalue weighted by atomic mass is 16.2. The van der Waals surface area contributed by atoms with Crippen molar-refractivity contribution in [1.82, 2.24) is 15.1 Å². The predicted octanol–water partition coefficient (Wildman–Crippen LogP) is 2.17. The number of carbonyl (C=O) groups is 1. The average molecular weight is 315 g/mol. The molecular formula is C19H29N3O. The molecule has 4 heteroatoms. The van der Waals surface area contributed by atoms with Gasteiger partial charge in [-0.05, 0) is 30.9 Å². The fourth-order valence-electron chi connectivity index (χ4n) is 3.82. The van der Waals surface area contributed by atoms with Gasteiger partial charge in [0.05, 0.1) is 6.54 Å². The Kier molecular flexibility index (Phi) is 5.68. The highest BCUT2D eigenvalue weighted by molar-refractivity contribution is 5.78. The molecule has 0 radical (unpaired) electrons. The van der Waals surface area contributed by atoms with Crippen LogP contribution in [0.2, 0.25) is 0 Å². The maximum atomic E-state index is 12.2. The van der Waals surface area contributed by atoms with Crippen molar-refractivity contribution in [3.63, 3.8) is 0 Å². The van der Waals surface area contributed by atoms with Crippen LogP contribution in [-0.4, -0.2) is 54.5 Å². The van der Waals surface area contributed by atoms with E-state index in [-0.39, 0.29) is 5.91 Å². The van der Waals surface area contributed by atoms with Crippen LogP contribution in [0.15, 0.2) is 24.3 Å². The van der Waals surface area contributed by atoms with Crippen molar-refractivity contribution in [3.05, 3.63) is 35.4 Å². The molecule has 2 fully saturated rings. The van der Waals surface area contributed by atoms with Crippen molar-refractivity contribution in [2.75, 3.05) is 32.7 Å². The molecule has 1 saturated carbocycles. The zero-order chi connectivity index (χ0) is 16.1. The van der Waals surface area contributed by atoms with Crippen molar-refractivity contribution in [2.45, 2.75) is 45.2 Å². The number of hydrogen-bond donors (Lipinski definition) is 1. The van der Waals surface area contributed by atoms with Crippen LogP contribution in [0.25, 0.3) is 0 Å². The number of rotatable bonds is 5. The topological polar surface area (TPSA) is 35.6 Å². The molecule has 3 rings (SSSR count). The van der Waals surface area contributed by atoms with Gasteiger partial charge in [-0.1, -0.05) is 37.1 Å². The lowest BCUT2D eigenvalue weighted by Crippen LogP contribution is -2.51. The van der Waals surface area contributed by atoms with Crippen LogP contribution >= 0.6 is 0 Å². The fraction of sp³-hybridized carbons (Fsp3) is 0.632. The van der Waals surface area contributed by atoms with Crippen molar-refractivity contribution in [2.24, 2.45) is 0 Å². The van der Waals surface area contributed by atoms with E-state index in [1.807, 2.05) is 12.1 Å². The second-order valence-electron chi connectivity index (χ2n) is 6.95. The highest BCUT2D eigenvalue weighted by Gasteiger charge is 2.26. The predicted molar refractivity (Wildman–Crippen MR) is 93.3 cm³/mol. The number of nitrogens with zero attached hydrogens (tertiary/aromatic N) is 2. The molecule has 1 amide bonds. The first-order valence-electron chi connectivity index (χ1n) is 9.00. The van der Waals surface area contributed by atoms with Gasteiger partial charge in [0.15, 0.2) is 0 Å². The van der Waals surface area contributed by atoms with Crippen molar-refractivity contribution in [1.29, 1.82) is 0 Å². The Morgan fingerprint density at radius 1 is 1.13 bits per heavy atom. The monoisotopic (exact) mass is 315 g/mol. The van der Waals surface area contributed by atoms with Crippen molar-refractivity contribution >= 4 is 5.91 Å². The third-order valence-corrected chi connectivity index (χ3v) is 5.35. The van der Waals surface area contributed by atoms with E-state index in [0.717, 1.165) is 32.2 Å². The average Bonchev–Trinajstić information content (AvgIpc) is 3.09. The third-order valence-electron chi connectivity index (χ3n) is 5.35. The molecule has 23 heavy (non-hydrogen) atoms. The van der Waals surface area contributed by atoms with Gasteiger partial charge in [-0.2, -0.15) is 0 Å². The summed E-state index contributed by atoms with van der Waals surface area (Å²) >= 11 is 0. The molecule has 1 saturated heterocycles. The molecule has 0 aromatic heterocycles. The van der Waals surface area contributed by atoms with Crippen LogP contribution in [0, 0.1) is 6.92 Å². The van der Waals surface area contributed by atoms with E-state index in [4.69, 9.17) is 0 Å². The summed E-state index contributed by atoms with van der Waals surface area (Å²) in [5.74, 6) is 0.141. The molecule has 2 aliphatic rings. The van der Waals surface area contributed by atoms with Gasteiger partial charge in [0.25, 0.3) is 0 Å². The molecule has 0 bridgehead atoms. The minimum Gasteiger partial charge on any atom is -0.351 e. The van der Waals surface area contributed by atoms with Gasteiger partial charge in [-0.15, -0.1) is 0 Å². The van der Waals surface area contributed by atoms with Gasteiger partial charge < -0.3 is 5.32 Å². The maximum Gasteiger partial charge on any atom is 0.234 e. The van der Waals surface area contributed by atoms with E-state index in [9.17, 15) is 4.79 Å². The molecule has 4 nitrogen and oxygen atoms in total. The largest absolute Gasteiger partial charge is 0.351 e. The first-order chi connectivity index (χ1) is 11.2. The third kappa shape index (κ3) is 4.55. The van der Waals surface area contributed by atoms with Gasteiger partial charge in [0, 0.05) is 38.8 Å². The molecule has 0 spiro atoms. The lowest BCUT2D eigenvalue weighted by molar-refractivity contribution is -0.122. The molecule has 1 heterocycles. The Morgan fingerprint density at radius 2 is 1.83 bits per heavy atom. The Labute approximate surface area is 139 Å². The zero-order valence-electron chi connectivity index (χ0n) is 14.3. The standard InChI is InChI=1S/C19H29N3O/c1-16-6-2-3-7-17(16)14-20-19(23)15-21-10-12-22(13-11-21)18-8-4-5-9-18/h2-3,6-7,18H,4-5,8-15H2,1H3,(H,20,23). The Hall–Kier alpha value is -1.39. The summed E-state index contributed by atoms with van der Waals surface area (Å²) in [6.07, 6.45) is 5.53. The van der Waals surface area contributed by atoms with E-state index in [2.05, 4.69) is 34.2 Å². The molecular weight excluding hydrogens is 286 g/mol. The molecule has 0 unspecified atom stereocenters. The Bertz CT molecular complexity index is 517. The number of benzene rings is 1. The van der Waals surface area contributed by atoms with Crippen LogP contribution in [-0.2, 0) is 11.3 Å². The van der Waals surface area contributed by atoms with E-state index in [1.54, 1.807) is 0 Å². The van der Waals surface area contributed by atoms with Gasteiger partial charge in [-0.3, -0.25) is 14.6 Å². The maximum absolute atomic E-state index is 12.2. The quantitative estimate of drug-likeness (QED) is 0.904. The minimum absolute atomic E-state index is 0.141. The molecule has 126 valence electrons. The Balaban J connectivity index is 1.38. The van der Waals surface area contributed by atoms with Gasteiger partial charge in [0.1, 0.15) is 0 Å². The molecule has 0 atom stereocenters. The first-order valence-corrected chi connectivity index (χ1v) is 9.00. The second kappa shape index (κ2) is 7.93. The van der Waals surface area contributed by atoms with Gasteiger partial charge >= 0.3 is 0 Å². The normalized spacial score (nSPS) is 20.7. The van der Waals surface area contributed by atoms with E-state index < -0.39 is 0 Å². The number of piperazine rings is 1. The van der Waals surface area contributed by atoms with Gasteiger partial charge in [0.2, 0.25) is 5.91 Å². The summed E-state index contributed by atoms with van der Waals surface area (Å²) in [6.45, 7) is 7.54. The van der Waals surface area contributed by atoms with Crippen LogP contribution in [0.3, 0.4) is 0 Å². The lowest BCUT2D eigenvalue weighted by Gasteiger charge is -2.37. The molecule has 1 aliphatic heterocycles. The van der Waals surface area contributed by atoms with Crippen LogP contribution in [0.5, 0.6) is 0 Å². The van der Waals surface area contributed by atoms with E-state index in [1.165, 1.54) is 36.8 Å². The summed E-state index contributed by atoms with van der Waals surface area (Å²) < 4.78 is 0. The summed E-state index contributed by atoms with van der Waals surface area (Å²) in [6, 6.07) is 9.04. The van der Waals surface area contributed by atoms with Crippen LogP contribution in [0.4, 0.5) is 0 Å². The summed E-state index contributed by atoms with van der Waals surface area (Å²) in [4.78, 5) is 17.1. The first kappa shape index (κ1) is 16.5. The molecule has 1 aromatic carbocycles. The molecule has 1 N–H and O–H groups in total. The number of aryl methyl sites for hydroxylation is 1. The summed E-state index contributed by atoms with van der Waals surface area (Å²) in [5, 5.41) is 3.06. The minimum atomic E-state index is 0.141. The van der Waals surface area contributed by atoms with E-state index >= 15 is 0 Å². The van der Waals surface area contributed by atoms with Gasteiger partial charge in [-0.25, -0.2) is 0 Å². The van der Waals surface area contributed by atoms with Crippen LogP contribution < -0.4 is 5.32 Å². The summed E-state index contributed by atoms with van der Waals surface area (Å²) in [7, 11) is 0. The summed E-state index contributed by atoms with van der Waals surface area (Å²) in [5.41, 5.74) is 2.44. The Morgan fingerprint density at radius 3 is 2.52 bits per heavy atom. The number of nitrogens with one attached hydrogen (secondary N) is 1. The highest BCUT2D eigenvalue weighted by Crippen LogP contribution is 2.24. The lowest BCUT2D eigenvalue weighted by atomic mass is 10.1. The fourth-order valence-corrected chi connectivity index (χ4v) is 3.82. The number of amides is 1. The van der Waals surface area contributed by atoms with Crippen molar-refractivity contribution in [3.8, 4) is 0 Å². The zero-order valence-corrected chi connectivity index (χ0v) is 14.3. The second-order valence-corrected chi connectivity index (χ2v) is 6.95. The number of carbonyl (C=O) groups excluding carboxylic acids is 1. The smallest absolute Gasteiger partial charge is 0.234 e. The van der Waals surface area contributed by atoms with Crippen LogP contribution in [0.1, 0.15) is 36.8 Å². The SMILES string of the molecule is Cc1ccccc1CNC(=O)CN1CCN(C2CCCC2)CC1. The van der Waals surface area contributed by atoms with Crippen molar-refractivity contribution < 1.29 is 4.79 Å². The van der Waals surface area contributed by atoms with E-state index in [0.29, 0.717) is 13.1 Å².